The quantitative estimate of drug-likeness (QED) is 0.270. The second-order valence-corrected chi connectivity index (χ2v) is 4.99. The first-order chi connectivity index (χ1) is 9.77. The van der Waals surface area contributed by atoms with Crippen LogP contribution in [0.25, 0.3) is 0 Å². The third kappa shape index (κ3) is 16.7. The number of unbranched alkanes of at least 4 members (excludes halogenated alkanes) is 5. The molecular weight excluding hydrogens is 266 g/mol. The van der Waals surface area contributed by atoms with Gasteiger partial charge in [0.05, 0.1) is 0 Å². The Labute approximate surface area is 124 Å². The largest absolute Gasteiger partial charge is 0.481 e. The summed E-state index contributed by atoms with van der Waals surface area (Å²) in [4.78, 5) is 10.3. The monoisotopic (exact) mass is 296 g/mol. The fourth-order valence-corrected chi connectivity index (χ4v) is 1.90. The predicted molar refractivity (Wildman–Crippen MR) is 86.9 cm³/mol. The van der Waals surface area contributed by atoms with Crippen molar-refractivity contribution in [3.05, 3.63) is 36.5 Å². The highest BCUT2D eigenvalue weighted by molar-refractivity contribution is 5.66. The van der Waals surface area contributed by atoms with Crippen molar-refractivity contribution < 1.29 is 9.90 Å². The molecule has 0 aromatic carbocycles. The van der Waals surface area contributed by atoms with Crippen LogP contribution in [0.5, 0.6) is 0 Å². The molecule has 0 aromatic heterocycles. The first kappa shape index (κ1) is 18.7. The summed E-state index contributed by atoms with van der Waals surface area (Å²) in [5.74, 6) is -0.675. The Hall–Kier alpha value is -1.31. The van der Waals surface area contributed by atoms with Crippen molar-refractivity contribution in [2.45, 2.75) is 71.1 Å². The molecule has 0 fully saturated rings. The summed E-state index contributed by atoms with van der Waals surface area (Å²) in [5.41, 5.74) is 0. The highest BCUT2D eigenvalue weighted by Crippen LogP contribution is 2.07. The Balaban J connectivity index is 3.23. The lowest BCUT2D eigenvalue weighted by Crippen LogP contribution is -1.93. The Morgan fingerprint density at radius 1 is 0.800 bits per heavy atom. The van der Waals surface area contributed by atoms with Crippen LogP contribution in [0.4, 0.5) is 0 Å². The summed E-state index contributed by atoms with van der Waals surface area (Å²) in [6.07, 6.45) is 23.4. The van der Waals surface area contributed by atoms with E-state index in [2.05, 4.69) is 43.4 Å². The lowest BCUT2D eigenvalue weighted by molar-refractivity contribution is -0.137. The number of hydrogen-bond donors (Lipinski definition) is 1. The van der Waals surface area contributed by atoms with Crippen LogP contribution in [0.15, 0.2) is 36.5 Å². The van der Waals surface area contributed by atoms with Crippen molar-refractivity contribution >= 4 is 5.97 Å². The van der Waals surface area contributed by atoms with Crippen LogP contribution < -0.4 is 0 Å². The summed E-state index contributed by atoms with van der Waals surface area (Å²) in [6.45, 7) is 2.15. The van der Waals surface area contributed by atoms with Crippen LogP contribution in [0.1, 0.15) is 71.1 Å². The van der Waals surface area contributed by atoms with Crippen LogP contribution in [-0.2, 0) is 4.79 Å². The van der Waals surface area contributed by atoms with E-state index in [1.165, 1.54) is 12.8 Å². The molecule has 0 saturated carbocycles. The van der Waals surface area contributed by atoms with Crippen molar-refractivity contribution in [3.63, 3.8) is 0 Å². The number of hydrogen-bond acceptors (Lipinski definition) is 1. The molecule has 0 aliphatic carbocycles. The Bertz CT molecular complexity index is 301. The third-order valence-electron chi connectivity index (χ3n) is 3.04. The molecule has 0 spiro atoms. The van der Waals surface area contributed by atoms with E-state index in [0.717, 1.165) is 44.9 Å². The van der Waals surface area contributed by atoms with Gasteiger partial charge in [-0.15, -0.1) is 0 Å². The van der Waals surface area contributed by atoms with Gasteiger partial charge in [0.25, 0.3) is 0 Å². The topological polar surface area (TPSA) is 37.3 Å². The lowest BCUT2D eigenvalue weighted by Gasteiger charge is -1.98. The van der Waals surface area contributed by atoms with Gasteiger partial charge in [-0.1, -0.05) is 62.6 Å². The van der Waals surface area contributed by atoms with Crippen LogP contribution >= 0.6 is 0 Å². The second-order valence-electron chi connectivity index (χ2n) is 4.99. The van der Waals surface area contributed by atoms with E-state index in [1.807, 2.05) is 0 Å². The summed E-state index contributed by atoms with van der Waals surface area (Å²) in [5, 5.41) is 8.50. The highest BCUT2D eigenvalue weighted by Gasteiger charge is 1.95. The molecule has 2 nitrogen and oxygen atoms in total. The van der Waals surface area contributed by atoms with Gasteiger partial charge in [-0.25, -0.2) is 0 Å². The number of carbonyl (C=O) groups is 1. The fourth-order valence-electron chi connectivity index (χ4n) is 1.90. The van der Waals surface area contributed by atoms with Gasteiger partial charge in [0, 0.05) is 6.42 Å². The van der Waals surface area contributed by atoms with Gasteiger partial charge >= 0.3 is 5.97 Å². The van der Waals surface area contributed by atoms with Crippen LogP contribution in [0.3, 0.4) is 0 Å². The van der Waals surface area contributed by atoms with E-state index in [-0.39, 0.29) is 0 Å². The standard InChI is InChI=1S/C18H30O2/c1-2-3-4-5-6-7-8-9-10-11-12-13-14-15-16-17-18(19)20/h3-4,6-7,9-10H,2,5,8,11-17H2,1H3,(H,19,20)/b4-3+,7-6+,10-9+/i1+1,2+1,3+1,4+1,5+1,6+1,7+1,8+1,9+1,10+1,11+1,12+1,13+1,14+1,15+1,16+1,17+1,18+1. The van der Waals surface area contributed by atoms with Gasteiger partial charge in [-0.3, -0.25) is 4.79 Å². The summed E-state index contributed by atoms with van der Waals surface area (Å²) >= 11 is 0. The molecule has 0 bridgehead atoms. The Kier molecular flexibility index (Phi) is 14.7. The molecule has 0 atom stereocenters. The number of carboxylic acids is 1. The smallest absolute Gasteiger partial charge is 0.303 e. The fraction of sp³-hybridized carbons (Fsp3) is 0.611. The molecule has 114 valence electrons. The SMILES string of the molecule is [13CH3][13CH2]/[13CH]=[13CH]/[13CH2]/[13CH]=[13CH]/[13CH2]/[13CH]=[13CH]/[13CH2][13CH2][13CH2][13CH2][13CH2][13CH2][13CH2][13C](=O)O. The summed E-state index contributed by atoms with van der Waals surface area (Å²) < 4.78 is 0. The van der Waals surface area contributed by atoms with Crippen LogP contribution in [0, 0.1) is 0 Å². The first-order valence-corrected chi connectivity index (χ1v) is 7.94. The predicted octanol–water partition coefficient (Wildman–Crippen LogP) is 5.66. The Morgan fingerprint density at radius 2 is 1.35 bits per heavy atom. The molecule has 20 heavy (non-hydrogen) atoms. The molecule has 0 heterocycles. The van der Waals surface area contributed by atoms with Gasteiger partial charge in [0.15, 0.2) is 0 Å². The van der Waals surface area contributed by atoms with E-state index < -0.39 is 5.97 Å². The maximum Gasteiger partial charge on any atom is 0.303 e. The zero-order valence-corrected chi connectivity index (χ0v) is 12.9. The highest BCUT2D eigenvalue weighted by atomic mass is 16.5. The van der Waals surface area contributed by atoms with Gasteiger partial charge < -0.3 is 5.11 Å². The molecule has 1 N–H and O–H groups in total. The van der Waals surface area contributed by atoms with E-state index in [9.17, 15) is 4.79 Å². The molecule has 0 unspecified atom stereocenters. The molecular formula is C18H30O2. The minimum absolute atomic E-state index is 0.319. The summed E-state index contributed by atoms with van der Waals surface area (Å²) in [7, 11) is 0. The van der Waals surface area contributed by atoms with Crippen molar-refractivity contribution in [3.8, 4) is 0 Å². The normalized spacial score (nSPS) is 12.1. The van der Waals surface area contributed by atoms with E-state index >= 15 is 0 Å². The van der Waals surface area contributed by atoms with Gasteiger partial charge in [0.1, 0.15) is 0 Å². The number of aliphatic carboxylic acids is 1. The zero-order valence-electron chi connectivity index (χ0n) is 12.9. The first-order valence-electron chi connectivity index (χ1n) is 7.94. The molecule has 0 rings (SSSR count). The van der Waals surface area contributed by atoms with Crippen LogP contribution in [-0.4, -0.2) is 11.1 Å². The lowest BCUT2D eigenvalue weighted by atomic mass is 11.1. The number of allylic oxidation sites excluding steroid dienone is 6. The van der Waals surface area contributed by atoms with Gasteiger partial charge in [-0.2, -0.15) is 0 Å². The Morgan fingerprint density at radius 3 is 2.00 bits per heavy atom. The molecule has 0 radical (unpaired) electrons. The minimum Gasteiger partial charge on any atom is -0.481 e. The van der Waals surface area contributed by atoms with Crippen molar-refractivity contribution in [1.82, 2.24) is 0 Å². The minimum atomic E-state index is -0.675. The molecule has 0 aromatic rings. The molecule has 0 saturated heterocycles. The molecule has 2 heteroatoms. The maximum atomic E-state index is 10.3. The molecule has 0 aliphatic heterocycles. The van der Waals surface area contributed by atoms with Crippen molar-refractivity contribution in [2.24, 2.45) is 0 Å². The number of rotatable bonds is 13. The van der Waals surface area contributed by atoms with E-state index in [1.54, 1.807) is 0 Å². The summed E-state index contributed by atoms with van der Waals surface area (Å²) in [6, 6.07) is 0. The second kappa shape index (κ2) is 15.7. The van der Waals surface area contributed by atoms with Crippen molar-refractivity contribution in [1.29, 1.82) is 0 Å². The number of carboxylic acid groups (broad SMARTS) is 1. The maximum absolute atomic E-state index is 10.3. The van der Waals surface area contributed by atoms with Gasteiger partial charge in [-0.05, 0) is 38.5 Å². The zero-order chi connectivity index (χ0) is 14.9. The average Bonchev–Trinajstić information content (AvgIpc) is 2.43. The van der Waals surface area contributed by atoms with E-state index in [0.29, 0.717) is 6.42 Å². The molecule has 0 amide bonds. The van der Waals surface area contributed by atoms with E-state index in [4.69, 9.17) is 5.11 Å². The van der Waals surface area contributed by atoms with Crippen molar-refractivity contribution in [2.75, 3.05) is 0 Å². The third-order valence-corrected chi connectivity index (χ3v) is 3.04. The van der Waals surface area contributed by atoms with Crippen LogP contribution in [0.2, 0.25) is 0 Å². The average molecular weight is 296 g/mol. The molecule has 0 aliphatic rings. The van der Waals surface area contributed by atoms with Gasteiger partial charge in [0.2, 0.25) is 0 Å².